The van der Waals surface area contributed by atoms with E-state index in [1.165, 1.54) is 0 Å². The molecule has 0 heterocycles. The van der Waals surface area contributed by atoms with Gasteiger partial charge in [-0.3, -0.25) is 9.59 Å². The second-order valence-corrected chi connectivity index (χ2v) is 5.41. The number of carbonyl (C=O) groups is 2. The molecule has 1 aliphatic rings. The highest BCUT2D eigenvalue weighted by molar-refractivity contribution is 5.75. The van der Waals surface area contributed by atoms with Crippen LogP contribution in [0.15, 0.2) is 25.6 Å². The monoisotopic (exact) mass is 264 g/mol. The molecule has 0 bridgehead atoms. The second-order valence-electron chi connectivity index (χ2n) is 5.41. The van der Waals surface area contributed by atoms with E-state index < -0.39 is 0 Å². The Morgan fingerprint density at radius 1 is 1.11 bits per heavy atom. The number of hydrogen-bond acceptors (Lipinski definition) is 2. The van der Waals surface area contributed by atoms with E-state index in [1.807, 2.05) is 0 Å². The van der Waals surface area contributed by atoms with Crippen molar-refractivity contribution in [2.45, 2.75) is 58.0 Å². The standard InChI is InChI=1S/C15H24N2O2/c1-6-16(12(3)18)14-8-10-15(5,11-9-14)17(7-2)13(4)19/h6-7,14H,1-2,8-11H2,3-5H3. The number of hydrogen-bond donors (Lipinski definition) is 0. The summed E-state index contributed by atoms with van der Waals surface area (Å²) in [6.45, 7) is 12.6. The SMILES string of the molecule is C=CN(C(C)=O)C1CCC(C)(N(C=C)C(C)=O)CC1. The maximum absolute atomic E-state index is 11.6. The maximum atomic E-state index is 11.6. The van der Waals surface area contributed by atoms with Gasteiger partial charge in [0.15, 0.2) is 0 Å². The Kier molecular flexibility index (Phi) is 4.92. The van der Waals surface area contributed by atoms with E-state index in [9.17, 15) is 9.59 Å². The largest absolute Gasteiger partial charge is 0.317 e. The molecular weight excluding hydrogens is 240 g/mol. The first kappa shape index (κ1) is 15.5. The topological polar surface area (TPSA) is 40.6 Å². The average molecular weight is 264 g/mol. The fourth-order valence-corrected chi connectivity index (χ4v) is 3.01. The van der Waals surface area contributed by atoms with Gasteiger partial charge >= 0.3 is 0 Å². The van der Waals surface area contributed by atoms with Crippen LogP contribution in [0.2, 0.25) is 0 Å². The van der Waals surface area contributed by atoms with Crippen molar-refractivity contribution in [1.82, 2.24) is 9.80 Å². The van der Waals surface area contributed by atoms with Crippen LogP contribution in [0.5, 0.6) is 0 Å². The summed E-state index contributed by atoms with van der Waals surface area (Å²) in [4.78, 5) is 26.6. The van der Waals surface area contributed by atoms with Gasteiger partial charge in [0.1, 0.15) is 0 Å². The molecule has 0 radical (unpaired) electrons. The van der Waals surface area contributed by atoms with E-state index >= 15 is 0 Å². The highest BCUT2D eigenvalue weighted by Crippen LogP contribution is 2.35. The van der Waals surface area contributed by atoms with Crippen molar-refractivity contribution in [3.63, 3.8) is 0 Å². The molecular formula is C15H24N2O2. The van der Waals surface area contributed by atoms with Crippen molar-refractivity contribution in [2.75, 3.05) is 0 Å². The van der Waals surface area contributed by atoms with Gasteiger partial charge in [-0.05, 0) is 38.8 Å². The van der Waals surface area contributed by atoms with Crippen LogP contribution in [0.25, 0.3) is 0 Å². The van der Waals surface area contributed by atoms with Gasteiger partial charge in [-0.15, -0.1) is 0 Å². The predicted molar refractivity (Wildman–Crippen MR) is 76.1 cm³/mol. The Hall–Kier alpha value is -1.58. The Morgan fingerprint density at radius 3 is 1.95 bits per heavy atom. The minimum Gasteiger partial charge on any atom is -0.317 e. The molecule has 106 valence electrons. The Bertz CT molecular complexity index is 382. The van der Waals surface area contributed by atoms with E-state index in [4.69, 9.17) is 0 Å². The first-order valence-electron chi connectivity index (χ1n) is 6.69. The predicted octanol–water partition coefficient (Wildman–Crippen LogP) is 2.67. The minimum absolute atomic E-state index is 0.0168. The summed E-state index contributed by atoms with van der Waals surface area (Å²) < 4.78 is 0. The molecule has 1 fully saturated rings. The molecule has 0 aromatic rings. The van der Waals surface area contributed by atoms with Gasteiger partial charge in [0, 0.05) is 31.6 Å². The van der Waals surface area contributed by atoms with Gasteiger partial charge in [-0.1, -0.05) is 13.2 Å². The summed E-state index contributed by atoms with van der Waals surface area (Å²) in [7, 11) is 0. The second kappa shape index (κ2) is 6.04. The van der Waals surface area contributed by atoms with Crippen molar-refractivity contribution < 1.29 is 9.59 Å². The molecule has 2 amide bonds. The van der Waals surface area contributed by atoms with Crippen molar-refractivity contribution in [3.8, 4) is 0 Å². The number of amides is 2. The summed E-state index contributed by atoms with van der Waals surface area (Å²) in [5.41, 5.74) is -0.187. The molecule has 0 spiro atoms. The number of rotatable bonds is 4. The van der Waals surface area contributed by atoms with Crippen molar-refractivity contribution in [3.05, 3.63) is 25.6 Å². The Labute approximate surface area is 115 Å². The molecule has 1 saturated carbocycles. The fourth-order valence-electron chi connectivity index (χ4n) is 3.01. The van der Waals surface area contributed by atoms with Crippen LogP contribution < -0.4 is 0 Å². The molecule has 1 rings (SSSR count). The van der Waals surface area contributed by atoms with E-state index in [-0.39, 0.29) is 23.4 Å². The van der Waals surface area contributed by atoms with Gasteiger partial charge in [-0.2, -0.15) is 0 Å². The molecule has 4 nitrogen and oxygen atoms in total. The lowest BCUT2D eigenvalue weighted by Gasteiger charge is -2.45. The van der Waals surface area contributed by atoms with Gasteiger partial charge in [-0.25, -0.2) is 0 Å². The highest BCUT2D eigenvalue weighted by atomic mass is 16.2. The van der Waals surface area contributed by atoms with E-state index in [2.05, 4.69) is 20.1 Å². The summed E-state index contributed by atoms with van der Waals surface area (Å²) in [6.07, 6.45) is 6.69. The lowest BCUT2D eigenvalue weighted by atomic mass is 9.79. The van der Waals surface area contributed by atoms with Crippen LogP contribution in [0.1, 0.15) is 46.5 Å². The molecule has 0 aromatic carbocycles. The third-order valence-electron chi connectivity index (χ3n) is 4.09. The molecule has 0 unspecified atom stereocenters. The smallest absolute Gasteiger partial charge is 0.223 e. The average Bonchev–Trinajstić information content (AvgIpc) is 2.32. The van der Waals surface area contributed by atoms with Crippen LogP contribution >= 0.6 is 0 Å². The van der Waals surface area contributed by atoms with Gasteiger partial charge in [0.25, 0.3) is 0 Å². The molecule has 0 saturated heterocycles. The zero-order valence-corrected chi connectivity index (χ0v) is 12.2. The lowest BCUT2D eigenvalue weighted by Crippen LogP contribution is -2.51. The lowest BCUT2D eigenvalue weighted by molar-refractivity contribution is -0.134. The molecule has 4 heteroatoms. The first-order valence-corrected chi connectivity index (χ1v) is 6.69. The van der Waals surface area contributed by atoms with E-state index in [0.29, 0.717) is 0 Å². The van der Waals surface area contributed by atoms with E-state index in [0.717, 1.165) is 25.7 Å². The van der Waals surface area contributed by atoms with Crippen molar-refractivity contribution in [1.29, 1.82) is 0 Å². The normalized spacial score (nSPS) is 26.4. The molecule has 0 aromatic heterocycles. The molecule has 0 aliphatic heterocycles. The minimum atomic E-state index is -0.187. The summed E-state index contributed by atoms with van der Waals surface area (Å²) in [5.74, 6) is 0.0406. The molecule has 19 heavy (non-hydrogen) atoms. The third-order valence-corrected chi connectivity index (χ3v) is 4.09. The molecule has 0 N–H and O–H groups in total. The summed E-state index contributed by atoms with van der Waals surface area (Å²) in [5, 5.41) is 0. The van der Waals surface area contributed by atoms with Crippen molar-refractivity contribution in [2.24, 2.45) is 0 Å². The van der Waals surface area contributed by atoms with E-state index in [1.54, 1.807) is 36.0 Å². The highest BCUT2D eigenvalue weighted by Gasteiger charge is 2.38. The van der Waals surface area contributed by atoms with Crippen LogP contribution in [0, 0.1) is 0 Å². The van der Waals surface area contributed by atoms with Crippen LogP contribution in [0.3, 0.4) is 0 Å². The van der Waals surface area contributed by atoms with Gasteiger partial charge in [0.05, 0.1) is 0 Å². The van der Waals surface area contributed by atoms with Gasteiger partial charge < -0.3 is 9.80 Å². The Morgan fingerprint density at radius 2 is 1.63 bits per heavy atom. The van der Waals surface area contributed by atoms with Crippen molar-refractivity contribution >= 4 is 11.8 Å². The quantitative estimate of drug-likeness (QED) is 0.783. The van der Waals surface area contributed by atoms with Gasteiger partial charge in [0.2, 0.25) is 11.8 Å². The third kappa shape index (κ3) is 3.25. The van der Waals surface area contributed by atoms with Crippen LogP contribution in [0.4, 0.5) is 0 Å². The zero-order chi connectivity index (χ0) is 14.6. The summed E-state index contributed by atoms with van der Waals surface area (Å²) in [6, 6.07) is 0.196. The maximum Gasteiger partial charge on any atom is 0.223 e. The van der Waals surface area contributed by atoms with Crippen LogP contribution in [-0.2, 0) is 9.59 Å². The van der Waals surface area contributed by atoms with Crippen LogP contribution in [-0.4, -0.2) is 33.2 Å². The Balaban J connectivity index is 2.75. The molecule has 0 atom stereocenters. The summed E-state index contributed by atoms with van der Waals surface area (Å²) >= 11 is 0. The zero-order valence-electron chi connectivity index (χ0n) is 12.2. The fraction of sp³-hybridized carbons (Fsp3) is 0.600. The number of nitrogens with zero attached hydrogens (tertiary/aromatic N) is 2. The first-order chi connectivity index (χ1) is 8.85. The number of carbonyl (C=O) groups excluding carboxylic acids is 2. The molecule has 1 aliphatic carbocycles.